The molecule has 3 amide bonds. The summed E-state index contributed by atoms with van der Waals surface area (Å²) in [5.41, 5.74) is -0.310. The maximum atomic E-state index is 13.3. The number of hydrogen-bond acceptors (Lipinski definition) is 6. The Kier molecular flexibility index (Phi) is 4.51. The molecule has 0 spiro atoms. The van der Waals surface area contributed by atoms with Gasteiger partial charge in [-0.2, -0.15) is 0 Å². The van der Waals surface area contributed by atoms with Crippen LogP contribution in [-0.4, -0.2) is 43.1 Å². The third kappa shape index (κ3) is 3.11. The zero-order valence-electron chi connectivity index (χ0n) is 17.5. The topological polar surface area (TPSA) is 94.2 Å². The highest BCUT2D eigenvalue weighted by molar-refractivity contribution is 6.11. The van der Waals surface area contributed by atoms with Crippen LogP contribution >= 0.6 is 0 Å². The molecule has 0 aliphatic carbocycles. The molecule has 1 N–H and O–H groups in total. The highest BCUT2D eigenvalue weighted by Gasteiger charge is 2.49. The van der Waals surface area contributed by atoms with E-state index < -0.39 is 17.5 Å². The van der Waals surface area contributed by atoms with Crippen molar-refractivity contribution in [1.29, 1.82) is 0 Å². The van der Waals surface area contributed by atoms with Crippen molar-refractivity contribution < 1.29 is 28.6 Å². The molecule has 1 unspecified atom stereocenters. The van der Waals surface area contributed by atoms with E-state index >= 15 is 0 Å². The standard InChI is InChI=1S/C24H20N2O6/c1-24(17-6-3-15-10-18(30-2)7-4-14(15)9-17)22(28)26(23(29)25-24)12-19(27)16-5-8-20-21(11-16)32-13-31-20/h3-11H,12-13H2,1-2H3,(H,25,29). The second-order valence-corrected chi connectivity index (χ2v) is 7.87. The number of carbonyl (C=O) groups is 3. The average molecular weight is 432 g/mol. The number of carbonyl (C=O) groups excluding carboxylic acids is 3. The predicted molar refractivity (Wildman–Crippen MR) is 115 cm³/mol. The number of nitrogens with one attached hydrogen (secondary N) is 1. The smallest absolute Gasteiger partial charge is 0.325 e. The van der Waals surface area contributed by atoms with Crippen molar-refractivity contribution in [3.63, 3.8) is 0 Å². The predicted octanol–water partition coefficient (Wildman–Crippen LogP) is 3.23. The number of Topliss-reactive ketones (excluding diaryl/α,β-unsaturated/α-hetero) is 1. The van der Waals surface area contributed by atoms with Gasteiger partial charge in [-0.25, -0.2) is 4.79 Å². The fraction of sp³-hybridized carbons (Fsp3) is 0.208. The third-order valence-electron chi connectivity index (χ3n) is 5.90. The van der Waals surface area contributed by atoms with E-state index in [0.29, 0.717) is 22.6 Å². The van der Waals surface area contributed by atoms with Crippen LogP contribution < -0.4 is 19.5 Å². The Morgan fingerprint density at radius 3 is 2.59 bits per heavy atom. The summed E-state index contributed by atoms with van der Waals surface area (Å²) in [6.07, 6.45) is 0. The van der Waals surface area contributed by atoms with E-state index in [-0.39, 0.29) is 19.1 Å². The fourth-order valence-electron chi connectivity index (χ4n) is 4.00. The molecule has 3 aromatic carbocycles. The number of urea groups is 1. The summed E-state index contributed by atoms with van der Waals surface area (Å²) in [5.74, 6) is 0.893. The number of methoxy groups -OCH3 is 1. The molecule has 0 aromatic heterocycles. The zero-order valence-corrected chi connectivity index (χ0v) is 17.5. The summed E-state index contributed by atoms with van der Waals surface area (Å²) in [6.45, 7) is 1.37. The Bertz CT molecular complexity index is 1290. The lowest BCUT2D eigenvalue weighted by Gasteiger charge is -2.22. The minimum absolute atomic E-state index is 0.0941. The molecule has 8 heteroatoms. The first-order valence-electron chi connectivity index (χ1n) is 10.0. The SMILES string of the molecule is COc1ccc2cc(C3(C)NC(=O)N(CC(=O)c4ccc5c(c4)OCO5)C3=O)ccc2c1. The van der Waals surface area contributed by atoms with Crippen LogP contribution in [0.5, 0.6) is 17.2 Å². The van der Waals surface area contributed by atoms with Gasteiger partial charge in [-0.1, -0.05) is 18.2 Å². The molecule has 32 heavy (non-hydrogen) atoms. The Morgan fingerprint density at radius 2 is 1.78 bits per heavy atom. The van der Waals surface area contributed by atoms with Crippen molar-refractivity contribution in [3.8, 4) is 17.2 Å². The zero-order chi connectivity index (χ0) is 22.5. The maximum absolute atomic E-state index is 13.3. The van der Waals surface area contributed by atoms with E-state index in [9.17, 15) is 14.4 Å². The Balaban J connectivity index is 1.40. The molecule has 0 saturated carbocycles. The summed E-state index contributed by atoms with van der Waals surface area (Å²) in [7, 11) is 1.60. The molecule has 162 valence electrons. The molecule has 1 atom stereocenters. The summed E-state index contributed by atoms with van der Waals surface area (Å²) in [6, 6.07) is 15.3. The van der Waals surface area contributed by atoms with Crippen molar-refractivity contribution in [2.24, 2.45) is 0 Å². The van der Waals surface area contributed by atoms with E-state index in [4.69, 9.17) is 14.2 Å². The van der Waals surface area contributed by atoms with Crippen LogP contribution in [0.15, 0.2) is 54.6 Å². The van der Waals surface area contributed by atoms with Gasteiger partial charge in [0.15, 0.2) is 17.3 Å². The van der Waals surface area contributed by atoms with Gasteiger partial charge in [0.25, 0.3) is 5.91 Å². The minimum atomic E-state index is -1.28. The van der Waals surface area contributed by atoms with Crippen LogP contribution in [0.25, 0.3) is 10.8 Å². The molecular formula is C24H20N2O6. The minimum Gasteiger partial charge on any atom is -0.497 e. The number of nitrogens with zero attached hydrogens (tertiary/aromatic N) is 1. The van der Waals surface area contributed by atoms with Gasteiger partial charge in [-0.3, -0.25) is 14.5 Å². The number of benzene rings is 3. The second-order valence-electron chi connectivity index (χ2n) is 7.87. The number of hydrogen-bond donors (Lipinski definition) is 1. The van der Waals surface area contributed by atoms with E-state index in [1.807, 2.05) is 30.3 Å². The molecule has 8 nitrogen and oxygen atoms in total. The Labute approximate surface area is 183 Å². The summed E-state index contributed by atoms with van der Waals surface area (Å²) in [4.78, 5) is 39.7. The third-order valence-corrected chi connectivity index (χ3v) is 5.90. The molecule has 2 aliphatic rings. The normalized spacial score (nSPS) is 19.4. The Hall–Kier alpha value is -4.07. The van der Waals surface area contributed by atoms with Crippen molar-refractivity contribution >= 4 is 28.5 Å². The molecular weight excluding hydrogens is 412 g/mol. The molecule has 5 rings (SSSR count). The number of ether oxygens (including phenoxy) is 3. The molecule has 2 heterocycles. The van der Waals surface area contributed by atoms with Crippen LogP contribution in [0, 0.1) is 0 Å². The van der Waals surface area contributed by atoms with Crippen LogP contribution in [-0.2, 0) is 10.3 Å². The van der Waals surface area contributed by atoms with Gasteiger partial charge in [-0.15, -0.1) is 0 Å². The summed E-state index contributed by atoms with van der Waals surface area (Å²) in [5, 5.41) is 4.60. The van der Waals surface area contributed by atoms with Crippen LogP contribution in [0.1, 0.15) is 22.8 Å². The molecule has 0 radical (unpaired) electrons. The van der Waals surface area contributed by atoms with Gasteiger partial charge in [0.05, 0.1) is 13.7 Å². The number of ketones is 1. The van der Waals surface area contributed by atoms with Gasteiger partial charge >= 0.3 is 6.03 Å². The van der Waals surface area contributed by atoms with Gasteiger partial charge in [0.1, 0.15) is 11.3 Å². The first kappa shape index (κ1) is 19.9. The van der Waals surface area contributed by atoms with E-state index in [1.54, 1.807) is 38.3 Å². The summed E-state index contributed by atoms with van der Waals surface area (Å²) < 4.78 is 15.8. The lowest BCUT2D eigenvalue weighted by molar-refractivity contribution is -0.130. The van der Waals surface area contributed by atoms with E-state index in [1.165, 1.54) is 0 Å². The van der Waals surface area contributed by atoms with Crippen LogP contribution in [0.3, 0.4) is 0 Å². The molecule has 1 saturated heterocycles. The van der Waals surface area contributed by atoms with E-state index in [0.717, 1.165) is 21.4 Å². The van der Waals surface area contributed by atoms with Crippen molar-refractivity contribution in [2.45, 2.75) is 12.5 Å². The highest BCUT2D eigenvalue weighted by atomic mass is 16.7. The number of amides is 3. The van der Waals surface area contributed by atoms with Gasteiger partial charge in [-0.05, 0) is 59.7 Å². The van der Waals surface area contributed by atoms with Crippen molar-refractivity contribution in [1.82, 2.24) is 10.2 Å². The second kappa shape index (κ2) is 7.26. The first-order valence-corrected chi connectivity index (χ1v) is 10.0. The van der Waals surface area contributed by atoms with Crippen LogP contribution in [0.4, 0.5) is 4.79 Å². The first-order chi connectivity index (χ1) is 15.4. The number of imide groups is 1. The van der Waals surface area contributed by atoms with Gasteiger partial charge in [0.2, 0.25) is 6.79 Å². The maximum Gasteiger partial charge on any atom is 0.325 e. The van der Waals surface area contributed by atoms with Crippen LogP contribution in [0.2, 0.25) is 0 Å². The van der Waals surface area contributed by atoms with Crippen molar-refractivity contribution in [2.75, 3.05) is 20.4 Å². The molecule has 1 fully saturated rings. The van der Waals surface area contributed by atoms with Gasteiger partial charge in [0, 0.05) is 5.56 Å². The molecule has 0 bridgehead atoms. The fourth-order valence-corrected chi connectivity index (χ4v) is 4.00. The average Bonchev–Trinajstić information content (AvgIpc) is 3.36. The lowest BCUT2D eigenvalue weighted by Crippen LogP contribution is -2.41. The lowest BCUT2D eigenvalue weighted by atomic mass is 9.90. The number of fused-ring (bicyclic) bond motifs is 2. The van der Waals surface area contributed by atoms with Gasteiger partial charge < -0.3 is 19.5 Å². The Morgan fingerprint density at radius 1 is 1.03 bits per heavy atom. The monoisotopic (exact) mass is 432 g/mol. The molecule has 2 aliphatic heterocycles. The largest absolute Gasteiger partial charge is 0.497 e. The molecule has 3 aromatic rings. The van der Waals surface area contributed by atoms with E-state index in [2.05, 4.69) is 5.32 Å². The quantitative estimate of drug-likeness (QED) is 0.492. The number of rotatable bonds is 5. The summed E-state index contributed by atoms with van der Waals surface area (Å²) >= 11 is 0. The highest BCUT2D eigenvalue weighted by Crippen LogP contribution is 2.34. The van der Waals surface area contributed by atoms with Crippen molar-refractivity contribution in [3.05, 3.63) is 65.7 Å².